The van der Waals surface area contributed by atoms with Crippen LogP contribution in [0.25, 0.3) is 0 Å². The van der Waals surface area contributed by atoms with Crippen LogP contribution >= 0.6 is 0 Å². The third kappa shape index (κ3) is 3.79. The molecule has 0 saturated carbocycles. The number of amides is 1. The molecule has 1 heterocycles. The Labute approximate surface area is 102 Å². The molecule has 1 aromatic heterocycles. The topological polar surface area (TPSA) is 97.1 Å². The molecule has 0 saturated heterocycles. The Bertz CT molecular complexity index is 425. The van der Waals surface area contributed by atoms with Gasteiger partial charge < -0.3 is 10.7 Å². The van der Waals surface area contributed by atoms with E-state index in [1.54, 1.807) is 12.3 Å². The van der Waals surface area contributed by atoms with Crippen LogP contribution in [0.3, 0.4) is 0 Å². The van der Waals surface area contributed by atoms with E-state index >= 15 is 0 Å². The first-order chi connectivity index (χ1) is 8.06. The van der Waals surface area contributed by atoms with Gasteiger partial charge in [-0.05, 0) is 13.0 Å². The maximum absolute atomic E-state index is 11.8. The summed E-state index contributed by atoms with van der Waals surface area (Å²) in [4.78, 5) is 15.7. The van der Waals surface area contributed by atoms with Crippen LogP contribution in [0, 0.1) is 0 Å². The van der Waals surface area contributed by atoms with Crippen molar-refractivity contribution in [2.24, 2.45) is 5.84 Å². The van der Waals surface area contributed by atoms with Crippen molar-refractivity contribution in [3.05, 3.63) is 24.0 Å². The second kappa shape index (κ2) is 6.31. The molecule has 1 amide bonds. The van der Waals surface area contributed by atoms with Crippen LogP contribution in [0.4, 0.5) is 5.69 Å². The molecule has 17 heavy (non-hydrogen) atoms. The number of pyridine rings is 1. The number of anilines is 1. The second-order valence-electron chi connectivity index (χ2n) is 3.58. The zero-order valence-corrected chi connectivity index (χ0v) is 10.6. The number of nitrogen functional groups attached to an aromatic ring is 1. The number of nitrogens with one attached hydrogen (secondary N) is 2. The van der Waals surface area contributed by atoms with Crippen LogP contribution in [-0.2, 0) is 10.8 Å². The van der Waals surface area contributed by atoms with Crippen molar-refractivity contribution in [2.45, 2.75) is 12.2 Å². The smallest absolute Gasteiger partial charge is 0.255 e. The average molecular weight is 256 g/mol. The highest BCUT2D eigenvalue weighted by Gasteiger charge is 2.13. The van der Waals surface area contributed by atoms with Crippen LogP contribution in [0.2, 0.25) is 0 Å². The molecule has 7 heteroatoms. The number of nitrogens with zero attached hydrogens (tertiary/aromatic N) is 1. The highest BCUT2D eigenvalue weighted by Crippen LogP contribution is 2.11. The van der Waals surface area contributed by atoms with Crippen LogP contribution in [0.5, 0.6) is 0 Å². The molecule has 0 aliphatic rings. The Morgan fingerprint density at radius 3 is 2.94 bits per heavy atom. The van der Waals surface area contributed by atoms with Gasteiger partial charge in [-0.25, -0.2) is 0 Å². The molecule has 0 radical (unpaired) electrons. The van der Waals surface area contributed by atoms with E-state index in [0.717, 1.165) is 0 Å². The predicted molar refractivity (Wildman–Crippen MR) is 67.9 cm³/mol. The van der Waals surface area contributed by atoms with Crippen molar-refractivity contribution in [3.8, 4) is 0 Å². The fraction of sp³-hybridized carbons (Fsp3) is 0.400. The summed E-state index contributed by atoms with van der Waals surface area (Å²) in [5.41, 5.74) is 3.29. The van der Waals surface area contributed by atoms with E-state index in [9.17, 15) is 9.00 Å². The molecular formula is C10H16N4O2S. The average Bonchev–Trinajstić information content (AvgIpc) is 2.35. The SMILES string of the molecule is CC(CNC(=O)c1cnccc1NN)S(C)=O. The number of aromatic nitrogens is 1. The number of nitrogens with two attached hydrogens (primary N) is 1. The van der Waals surface area contributed by atoms with Crippen molar-refractivity contribution in [1.29, 1.82) is 0 Å². The van der Waals surface area contributed by atoms with Crippen LogP contribution in [0.15, 0.2) is 18.5 Å². The summed E-state index contributed by atoms with van der Waals surface area (Å²) < 4.78 is 11.1. The fourth-order valence-corrected chi connectivity index (χ4v) is 1.47. The van der Waals surface area contributed by atoms with Gasteiger partial charge in [0.25, 0.3) is 5.91 Å². The first kappa shape index (κ1) is 13.6. The molecule has 1 rings (SSSR count). The lowest BCUT2D eigenvalue weighted by Crippen LogP contribution is -2.33. The van der Waals surface area contributed by atoms with Gasteiger partial charge in [0.2, 0.25) is 0 Å². The van der Waals surface area contributed by atoms with E-state index in [-0.39, 0.29) is 11.2 Å². The van der Waals surface area contributed by atoms with E-state index in [1.807, 2.05) is 6.92 Å². The summed E-state index contributed by atoms with van der Waals surface area (Å²) in [6.45, 7) is 2.16. The van der Waals surface area contributed by atoms with Crippen LogP contribution < -0.4 is 16.6 Å². The number of hydrogen-bond acceptors (Lipinski definition) is 5. The Kier molecular flexibility index (Phi) is 5.05. The standard InChI is InChI=1S/C10H16N4O2S/c1-7(17(2)16)5-13-10(15)8-6-12-4-3-9(8)14-11/h3-4,6-7H,5,11H2,1-2H3,(H,12,14)(H,13,15). The number of hydrazine groups is 1. The number of hydrogen-bond donors (Lipinski definition) is 3. The second-order valence-corrected chi connectivity index (χ2v) is 5.39. The lowest BCUT2D eigenvalue weighted by atomic mass is 10.2. The molecule has 4 N–H and O–H groups in total. The summed E-state index contributed by atoms with van der Waals surface area (Å²) in [6, 6.07) is 1.61. The Morgan fingerprint density at radius 1 is 1.65 bits per heavy atom. The van der Waals surface area contributed by atoms with Crippen molar-refractivity contribution in [1.82, 2.24) is 10.3 Å². The number of rotatable bonds is 5. The highest BCUT2D eigenvalue weighted by molar-refractivity contribution is 7.84. The Morgan fingerprint density at radius 2 is 2.35 bits per heavy atom. The monoisotopic (exact) mass is 256 g/mol. The molecule has 0 aliphatic carbocycles. The minimum Gasteiger partial charge on any atom is -0.351 e. The summed E-state index contributed by atoms with van der Waals surface area (Å²) >= 11 is 0. The largest absolute Gasteiger partial charge is 0.351 e. The lowest BCUT2D eigenvalue weighted by Gasteiger charge is -2.11. The van der Waals surface area contributed by atoms with E-state index in [2.05, 4.69) is 15.7 Å². The van der Waals surface area contributed by atoms with E-state index in [1.165, 1.54) is 12.4 Å². The normalized spacial score (nSPS) is 13.8. The summed E-state index contributed by atoms with van der Waals surface area (Å²) in [5, 5.41) is 2.59. The maximum Gasteiger partial charge on any atom is 0.255 e. The lowest BCUT2D eigenvalue weighted by molar-refractivity contribution is 0.0954. The summed E-state index contributed by atoms with van der Waals surface area (Å²) in [7, 11) is -0.961. The van der Waals surface area contributed by atoms with Gasteiger partial charge in [0.15, 0.2) is 0 Å². The predicted octanol–water partition coefficient (Wildman–Crippen LogP) is -0.136. The zero-order valence-electron chi connectivity index (χ0n) is 9.77. The third-order valence-corrected chi connectivity index (χ3v) is 3.64. The summed E-state index contributed by atoms with van der Waals surface area (Å²) in [6.07, 6.45) is 4.57. The molecule has 0 aliphatic heterocycles. The van der Waals surface area contributed by atoms with Crippen LogP contribution in [0.1, 0.15) is 17.3 Å². The van der Waals surface area contributed by atoms with Crippen LogP contribution in [-0.4, -0.2) is 33.2 Å². The maximum atomic E-state index is 11.8. The van der Waals surface area contributed by atoms with E-state index < -0.39 is 10.8 Å². The fourth-order valence-electron chi connectivity index (χ4n) is 1.15. The molecule has 1 aromatic rings. The van der Waals surface area contributed by atoms with Crippen molar-refractivity contribution >= 4 is 22.4 Å². The summed E-state index contributed by atoms with van der Waals surface area (Å²) in [5.74, 6) is 5.00. The first-order valence-electron chi connectivity index (χ1n) is 5.07. The van der Waals surface area contributed by atoms with E-state index in [0.29, 0.717) is 17.8 Å². The molecule has 94 valence electrons. The molecule has 0 spiro atoms. The highest BCUT2D eigenvalue weighted by atomic mass is 32.2. The van der Waals surface area contributed by atoms with Gasteiger partial charge >= 0.3 is 0 Å². The van der Waals surface area contributed by atoms with Crippen molar-refractivity contribution in [3.63, 3.8) is 0 Å². The molecule has 0 bridgehead atoms. The van der Waals surface area contributed by atoms with Gasteiger partial charge in [0.1, 0.15) is 0 Å². The molecule has 0 aromatic carbocycles. The molecule has 6 nitrogen and oxygen atoms in total. The van der Waals surface area contributed by atoms with Gasteiger partial charge in [0, 0.05) is 41.2 Å². The quantitative estimate of drug-likeness (QED) is 0.503. The Hall–Kier alpha value is -1.47. The van der Waals surface area contributed by atoms with Gasteiger partial charge in [0.05, 0.1) is 11.3 Å². The van der Waals surface area contributed by atoms with Gasteiger partial charge in [-0.15, -0.1) is 0 Å². The first-order valence-corrected chi connectivity index (χ1v) is 6.69. The zero-order chi connectivity index (χ0) is 12.8. The molecule has 2 atom stereocenters. The van der Waals surface area contributed by atoms with Gasteiger partial charge in [-0.3, -0.25) is 19.8 Å². The third-order valence-electron chi connectivity index (χ3n) is 2.34. The van der Waals surface area contributed by atoms with Gasteiger partial charge in [-0.1, -0.05) is 0 Å². The van der Waals surface area contributed by atoms with Gasteiger partial charge in [-0.2, -0.15) is 0 Å². The Balaban J connectivity index is 2.67. The molecule has 2 unspecified atom stereocenters. The van der Waals surface area contributed by atoms with Crippen molar-refractivity contribution < 1.29 is 9.00 Å². The van der Waals surface area contributed by atoms with E-state index in [4.69, 9.17) is 5.84 Å². The van der Waals surface area contributed by atoms with Crippen molar-refractivity contribution in [2.75, 3.05) is 18.2 Å². The minimum absolute atomic E-state index is 0.0927. The minimum atomic E-state index is -0.961. The molecule has 0 fully saturated rings. The number of carbonyl (C=O) groups is 1. The molecular weight excluding hydrogens is 240 g/mol. The number of carbonyl (C=O) groups excluding carboxylic acids is 1.